The molecule has 0 aromatic heterocycles. The minimum Gasteiger partial charge on any atom is -0.507 e. The third-order valence-corrected chi connectivity index (χ3v) is 21.4. The Morgan fingerprint density at radius 1 is 0.183 bits per heavy atom. The van der Waals surface area contributed by atoms with E-state index in [2.05, 4.69) is 263 Å². The molecule has 558 valence electrons. The average Bonchev–Trinajstić information content (AvgIpc) is 0.785. The van der Waals surface area contributed by atoms with E-state index in [0.29, 0.717) is 106 Å². The van der Waals surface area contributed by atoms with Gasteiger partial charge in [0, 0.05) is 51.4 Å². The molecule has 0 fully saturated rings. The Labute approximate surface area is 623 Å². The van der Waals surface area contributed by atoms with Gasteiger partial charge < -0.3 is 49.6 Å². The first-order chi connectivity index (χ1) is 48.0. The van der Waals surface area contributed by atoms with Gasteiger partial charge in [0.1, 0.15) is 59.2 Å². The monoisotopic (exact) mass is 1410 g/mol. The normalized spacial score (nSPS) is 15.3. The number of rotatable bonds is 0. The SMILES string of the molecule is CC(C)(C)c1cc2c(O)c(c1)Cc1cc(C(C)(C)C)cc(c1O)Cc1cc(C(C)(C)C)cc(c1O)Cc1cc(C(C)(C)C)cc3c1OCCOCCOCCOc1c(cc(C(C)(C)C)cc1Cc1cc(C(C)(C)C)cc(c1O)C3)Cc1cc(C(C)(C)C)cc(c1O)Cc1cc(C(C)(C)C)cc(c1O)C2. The van der Waals surface area contributed by atoms with E-state index in [-0.39, 0.29) is 130 Å². The summed E-state index contributed by atoms with van der Waals surface area (Å²) in [4.78, 5) is 0. The van der Waals surface area contributed by atoms with Crippen molar-refractivity contribution in [1.29, 1.82) is 0 Å². The van der Waals surface area contributed by atoms with Crippen LogP contribution in [0.25, 0.3) is 0 Å². The van der Waals surface area contributed by atoms with Gasteiger partial charge in [-0.15, -0.1) is 0 Å². The Kier molecular flexibility index (Phi) is 22.0. The van der Waals surface area contributed by atoms with Crippen molar-refractivity contribution in [3.05, 3.63) is 231 Å². The zero-order chi connectivity index (χ0) is 76.5. The van der Waals surface area contributed by atoms with Crippen molar-refractivity contribution in [2.24, 2.45) is 0 Å². The molecule has 0 saturated carbocycles. The second-order valence-electron chi connectivity index (χ2n) is 38.4. The molecule has 6 N–H and O–H groups in total. The Morgan fingerprint density at radius 3 is 0.433 bits per heavy atom. The molecule has 104 heavy (non-hydrogen) atoms. The van der Waals surface area contributed by atoms with Gasteiger partial charge in [-0.1, -0.05) is 263 Å². The Morgan fingerprint density at radius 2 is 0.298 bits per heavy atom. The summed E-state index contributed by atoms with van der Waals surface area (Å²) in [5.74, 6) is 2.03. The van der Waals surface area contributed by atoms with E-state index in [4.69, 9.17) is 18.9 Å². The summed E-state index contributed by atoms with van der Waals surface area (Å²) in [5, 5.41) is 78.4. The average molecular weight is 1410 g/mol. The predicted molar refractivity (Wildman–Crippen MR) is 426 cm³/mol. The van der Waals surface area contributed by atoms with Crippen LogP contribution in [0.2, 0.25) is 0 Å². The predicted octanol–water partition coefficient (Wildman–Crippen LogP) is 21.1. The van der Waals surface area contributed by atoms with Crippen LogP contribution in [-0.4, -0.2) is 70.3 Å². The maximum Gasteiger partial charge on any atom is 0.126 e. The lowest BCUT2D eigenvalue weighted by atomic mass is 9.79. The molecule has 1 aliphatic heterocycles. The van der Waals surface area contributed by atoms with Crippen molar-refractivity contribution in [3.8, 4) is 46.0 Å². The molecule has 0 saturated heterocycles. The van der Waals surface area contributed by atoms with Crippen LogP contribution in [0.4, 0.5) is 0 Å². The summed E-state index contributed by atoms with van der Waals surface area (Å²) in [6, 6.07) is 34.0. The third kappa shape index (κ3) is 18.0. The maximum absolute atomic E-state index is 13.3. The molecule has 1 aliphatic carbocycles. The first-order valence-corrected chi connectivity index (χ1v) is 37.9. The summed E-state index contributed by atoms with van der Waals surface area (Å²) in [7, 11) is 0. The summed E-state index contributed by atoms with van der Waals surface area (Å²) in [6.45, 7) is 54.1. The molecule has 0 amide bonds. The summed E-state index contributed by atoms with van der Waals surface area (Å²) in [5.41, 5.74) is 17.0. The van der Waals surface area contributed by atoms with E-state index in [1.165, 1.54) is 0 Å². The molecule has 0 atom stereocenters. The second kappa shape index (κ2) is 29.1. The van der Waals surface area contributed by atoms with Crippen molar-refractivity contribution in [2.75, 3.05) is 39.6 Å². The molecule has 2 aliphatic rings. The molecule has 8 aromatic carbocycles. The van der Waals surface area contributed by atoms with E-state index in [0.717, 1.165) is 77.9 Å². The number of hydrogen-bond donors (Lipinski definition) is 6. The van der Waals surface area contributed by atoms with Crippen LogP contribution in [-0.2, 0) is 104 Å². The van der Waals surface area contributed by atoms with Crippen LogP contribution < -0.4 is 9.47 Å². The Hall–Kier alpha value is -7.92. The summed E-state index contributed by atoms with van der Waals surface area (Å²) in [6.07, 6.45) is 2.01. The molecular formula is C94H122O10. The smallest absolute Gasteiger partial charge is 0.126 e. The standard InChI is InChI=1S/C94H122O10/c1-87(2,3)71-39-55-31-57-41-72(88(4,5)6)43-59(80(57)96)33-61-45-74(90(10,11)12)47-63(82(61)98)35-67-51-77(93(19,20)21)53-69-37-65-49-76(92(16,17)18)50-66(84(65)100)38-70-54-78(94(22,23)24)52-68(86(70)104-30-28-102-26-25-101-27-29-103-85(67)69)36-64-48-75(91(13,14)15)46-62(83(64)99)34-60-44-73(89(7,8)9)42-58(81(60)97)32-56(40-71)79(55)95/h39-54,95-100H,25-38H2,1-24H3. The van der Waals surface area contributed by atoms with Gasteiger partial charge in [-0.2, -0.15) is 0 Å². The molecular weight excluding hydrogens is 1290 g/mol. The van der Waals surface area contributed by atoms with Crippen LogP contribution in [0.15, 0.2) is 97.1 Å². The van der Waals surface area contributed by atoms with Gasteiger partial charge in [-0.3, -0.25) is 0 Å². The number of fused-ring (bicyclic) bond motifs is 10. The van der Waals surface area contributed by atoms with Gasteiger partial charge >= 0.3 is 0 Å². The Bertz CT molecular complexity index is 4250. The number of ether oxygens (including phenoxy) is 4. The van der Waals surface area contributed by atoms with Crippen molar-refractivity contribution in [3.63, 3.8) is 0 Å². The topological polar surface area (TPSA) is 158 Å². The van der Waals surface area contributed by atoms with E-state index in [1.54, 1.807) is 0 Å². The number of benzene rings is 8. The van der Waals surface area contributed by atoms with Crippen LogP contribution in [0.3, 0.4) is 0 Å². The molecule has 8 aromatic rings. The van der Waals surface area contributed by atoms with E-state index in [9.17, 15) is 30.6 Å². The molecule has 10 heteroatoms. The zero-order valence-corrected chi connectivity index (χ0v) is 67.5. The lowest BCUT2D eigenvalue weighted by Gasteiger charge is -2.27. The van der Waals surface area contributed by atoms with Crippen LogP contribution in [0, 0.1) is 0 Å². The molecule has 1 heterocycles. The molecule has 0 unspecified atom stereocenters. The second-order valence-corrected chi connectivity index (χ2v) is 38.4. The van der Waals surface area contributed by atoms with Crippen LogP contribution in [0.5, 0.6) is 46.0 Å². The van der Waals surface area contributed by atoms with Crippen LogP contribution in [0.1, 0.15) is 300 Å². The highest BCUT2D eigenvalue weighted by Gasteiger charge is 2.32. The van der Waals surface area contributed by atoms with Crippen LogP contribution >= 0.6 is 0 Å². The first kappa shape index (κ1) is 78.7. The zero-order valence-electron chi connectivity index (χ0n) is 67.5. The third-order valence-electron chi connectivity index (χ3n) is 21.4. The van der Waals surface area contributed by atoms with Crippen molar-refractivity contribution < 1.29 is 49.6 Å². The van der Waals surface area contributed by atoms with E-state index < -0.39 is 0 Å². The minimum absolute atomic E-state index is 0.0879. The van der Waals surface area contributed by atoms with Gasteiger partial charge in [0.25, 0.3) is 0 Å². The Balaban J connectivity index is 1.30. The van der Waals surface area contributed by atoms with Gasteiger partial charge in [0.15, 0.2) is 0 Å². The maximum atomic E-state index is 13.3. The molecule has 10 rings (SSSR count). The lowest BCUT2D eigenvalue weighted by molar-refractivity contribution is 0.0270. The van der Waals surface area contributed by atoms with E-state index in [1.807, 2.05) is 0 Å². The summed E-state index contributed by atoms with van der Waals surface area (Å²) < 4.78 is 26.7. The van der Waals surface area contributed by atoms with Gasteiger partial charge in [0.05, 0.1) is 26.4 Å². The van der Waals surface area contributed by atoms with Gasteiger partial charge in [-0.05, 0) is 177 Å². The first-order valence-electron chi connectivity index (χ1n) is 37.9. The molecule has 18 bridgehead atoms. The summed E-state index contributed by atoms with van der Waals surface area (Å²) >= 11 is 0. The fraction of sp³-hybridized carbons (Fsp3) is 0.489. The fourth-order valence-corrected chi connectivity index (χ4v) is 14.4. The number of phenols is 6. The fourth-order valence-electron chi connectivity index (χ4n) is 14.4. The van der Waals surface area contributed by atoms with Crippen molar-refractivity contribution in [1.82, 2.24) is 0 Å². The van der Waals surface area contributed by atoms with Crippen molar-refractivity contribution in [2.45, 2.75) is 261 Å². The molecule has 0 spiro atoms. The molecule has 10 nitrogen and oxygen atoms in total. The number of hydrogen-bond acceptors (Lipinski definition) is 10. The van der Waals surface area contributed by atoms with Gasteiger partial charge in [-0.25, -0.2) is 0 Å². The highest BCUT2D eigenvalue weighted by Crippen LogP contribution is 2.47. The number of phenolic OH excluding ortho intramolecular Hbond substituents is 6. The largest absolute Gasteiger partial charge is 0.507 e. The molecule has 0 radical (unpaired) electrons. The quantitative estimate of drug-likeness (QED) is 0.0863. The lowest BCUT2D eigenvalue weighted by Crippen LogP contribution is -2.17. The highest BCUT2D eigenvalue weighted by atomic mass is 16.6. The van der Waals surface area contributed by atoms with Crippen molar-refractivity contribution >= 4 is 0 Å². The van der Waals surface area contributed by atoms with Gasteiger partial charge in [0.2, 0.25) is 0 Å². The van der Waals surface area contributed by atoms with E-state index >= 15 is 0 Å². The number of aromatic hydroxyl groups is 6. The highest BCUT2D eigenvalue weighted by molar-refractivity contribution is 5.62. The minimum atomic E-state index is -0.363.